The first-order valence-corrected chi connectivity index (χ1v) is 6.66. The Bertz CT molecular complexity index is 659. The number of aliphatic hydroxyl groups excluding tert-OH is 1. The summed E-state index contributed by atoms with van der Waals surface area (Å²) in [7, 11) is 0. The van der Waals surface area contributed by atoms with E-state index in [-0.39, 0.29) is 11.8 Å². The van der Waals surface area contributed by atoms with Gasteiger partial charge in [0.25, 0.3) is 0 Å². The molecule has 0 bridgehead atoms. The molecule has 1 aliphatic carbocycles. The molecule has 0 spiro atoms. The maximum atomic E-state index is 12.1. The Balaban J connectivity index is 1.74. The normalized spacial score (nSPS) is 20.5. The third-order valence-corrected chi connectivity index (χ3v) is 3.48. The number of halogens is 3. The van der Waals surface area contributed by atoms with Crippen LogP contribution in [0.1, 0.15) is 17.2 Å². The Morgan fingerprint density at radius 3 is 2.64 bits per heavy atom. The van der Waals surface area contributed by atoms with Crippen LogP contribution in [0.3, 0.4) is 0 Å². The number of aromatic nitrogens is 1. The number of benzene rings is 1. The van der Waals surface area contributed by atoms with Gasteiger partial charge in [-0.2, -0.15) is 0 Å². The van der Waals surface area contributed by atoms with Gasteiger partial charge >= 0.3 is 6.36 Å². The van der Waals surface area contributed by atoms with E-state index in [4.69, 9.17) is 0 Å². The second-order valence-electron chi connectivity index (χ2n) is 5.02. The number of nitrogens with one attached hydrogen (secondary N) is 1. The number of pyridine rings is 1. The Kier molecular flexibility index (Phi) is 3.66. The van der Waals surface area contributed by atoms with Crippen molar-refractivity contribution < 1.29 is 23.0 Å². The Morgan fingerprint density at radius 2 is 1.95 bits per heavy atom. The van der Waals surface area contributed by atoms with Gasteiger partial charge in [-0.3, -0.25) is 0 Å². The van der Waals surface area contributed by atoms with E-state index in [1.54, 1.807) is 0 Å². The molecule has 1 aliphatic rings. The molecule has 2 aromatic rings. The predicted octanol–water partition coefficient (Wildman–Crippen LogP) is 3.05. The largest absolute Gasteiger partial charge is 0.573 e. The summed E-state index contributed by atoms with van der Waals surface area (Å²) in [5.74, 6) is -0.0132. The van der Waals surface area contributed by atoms with Crippen LogP contribution in [0.2, 0.25) is 0 Å². The average Bonchev–Trinajstić information content (AvgIpc) is 2.76. The van der Waals surface area contributed by atoms with E-state index < -0.39 is 12.5 Å². The third kappa shape index (κ3) is 3.14. The number of nitrogens with zero attached hydrogens (tertiary/aromatic N) is 1. The zero-order valence-electron chi connectivity index (χ0n) is 11.3. The number of hydrogen-bond acceptors (Lipinski definition) is 4. The minimum absolute atomic E-state index is 0.335. The van der Waals surface area contributed by atoms with Gasteiger partial charge in [0, 0.05) is 6.42 Å². The van der Waals surface area contributed by atoms with Gasteiger partial charge in [0.1, 0.15) is 11.6 Å². The van der Waals surface area contributed by atoms with Crippen LogP contribution >= 0.6 is 0 Å². The number of alkyl halides is 3. The van der Waals surface area contributed by atoms with Crippen LogP contribution in [0.4, 0.5) is 19.0 Å². The molecule has 0 fully saturated rings. The molecule has 1 aromatic carbocycles. The number of ether oxygens (including phenoxy) is 1. The summed E-state index contributed by atoms with van der Waals surface area (Å²) < 4.78 is 40.0. The fourth-order valence-corrected chi connectivity index (χ4v) is 2.57. The lowest BCUT2D eigenvalue weighted by Crippen LogP contribution is -2.21. The fraction of sp³-hybridized carbons (Fsp3) is 0.267. The lowest BCUT2D eigenvalue weighted by Gasteiger charge is -2.18. The maximum Gasteiger partial charge on any atom is 0.573 e. The molecule has 0 unspecified atom stereocenters. The topological polar surface area (TPSA) is 54.4 Å². The minimum atomic E-state index is -4.74. The molecule has 0 aliphatic heterocycles. The summed E-state index contributed by atoms with van der Waals surface area (Å²) in [4.78, 5) is 3.89. The highest BCUT2D eigenvalue weighted by Crippen LogP contribution is 2.34. The zero-order valence-corrected chi connectivity index (χ0v) is 11.3. The Morgan fingerprint density at radius 1 is 1.18 bits per heavy atom. The molecule has 7 heteroatoms. The zero-order chi connectivity index (χ0) is 15.7. The van der Waals surface area contributed by atoms with E-state index >= 15 is 0 Å². The van der Waals surface area contributed by atoms with Crippen LogP contribution in [-0.4, -0.2) is 22.6 Å². The van der Waals surface area contributed by atoms with Gasteiger partial charge in [-0.25, -0.2) is 4.98 Å². The molecule has 22 heavy (non-hydrogen) atoms. The van der Waals surface area contributed by atoms with Gasteiger partial charge in [0.05, 0.1) is 18.3 Å². The number of rotatable bonds is 3. The molecular formula is C15H13F3N2O2. The highest BCUT2D eigenvalue weighted by atomic mass is 19.4. The number of anilines is 1. The summed E-state index contributed by atoms with van der Waals surface area (Å²) in [6.07, 6.45) is -3.83. The van der Waals surface area contributed by atoms with Crippen molar-refractivity contribution in [1.29, 1.82) is 0 Å². The lowest BCUT2D eigenvalue weighted by molar-refractivity contribution is -0.274. The van der Waals surface area contributed by atoms with Crippen LogP contribution in [0, 0.1) is 0 Å². The molecule has 3 rings (SSSR count). The highest BCUT2D eigenvalue weighted by Gasteiger charge is 2.32. The van der Waals surface area contributed by atoms with Crippen LogP contribution in [-0.2, 0) is 6.42 Å². The predicted molar refractivity (Wildman–Crippen MR) is 73.4 cm³/mol. The molecule has 0 amide bonds. The maximum absolute atomic E-state index is 12.1. The summed E-state index contributed by atoms with van der Waals surface area (Å²) >= 11 is 0. The quantitative estimate of drug-likeness (QED) is 0.915. The van der Waals surface area contributed by atoms with Crippen molar-refractivity contribution in [1.82, 2.24) is 4.98 Å². The Hall–Kier alpha value is -2.28. The van der Waals surface area contributed by atoms with Gasteiger partial charge < -0.3 is 15.2 Å². The molecule has 2 N–H and O–H groups in total. The van der Waals surface area contributed by atoms with Gasteiger partial charge in [-0.15, -0.1) is 13.2 Å². The molecule has 0 radical (unpaired) electrons. The smallest absolute Gasteiger partial charge is 0.404 e. The standard InChI is InChI=1S/C15H13F3N2O2/c16-15(17,18)22-10-5-6-13(19-8-10)20-14-11-4-2-1-3-9(11)7-12(14)21/h1-6,8,12,14,21H,7H2,(H,19,20)/t12-,14+/m0/s1. The molecule has 2 atom stereocenters. The molecule has 0 saturated heterocycles. The monoisotopic (exact) mass is 310 g/mol. The molecule has 116 valence electrons. The van der Waals surface area contributed by atoms with Crippen molar-refractivity contribution in [3.8, 4) is 5.75 Å². The summed E-state index contributed by atoms with van der Waals surface area (Å²) in [5.41, 5.74) is 2.01. The first-order valence-electron chi connectivity index (χ1n) is 6.66. The molecule has 4 nitrogen and oxygen atoms in total. The van der Waals surface area contributed by atoms with Crippen molar-refractivity contribution >= 4 is 5.82 Å². The second-order valence-corrected chi connectivity index (χ2v) is 5.02. The summed E-state index contributed by atoms with van der Waals surface area (Å²) in [6.45, 7) is 0. The number of aliphatic hydroxyl groups is 1. The highest BCUT2D eigenvalue weighted by molar-refractivity contribution is 5.46. The Labute approximate surface area is 124 Å². The van der Waals surface area contributed by atoms with Crippen molar-refractivity contribution in [2.24, 2.45) is 0 Å². The van der Waals surface area contributed by atoms with Crippen molar-refractivity contribution in [2.75, 3.05) is 5.32 Å². The van der Waals surface area contributed by atoms with Gasteiger partial charge in [0.15, 0.2) is 0 Å². The summed E-state index contributed by atoms with van der Waals surface area (Å²) in [5, 5.41) is 13.2. The minimum Gasteiger partial charge on any atom is -0.404 e. The fourth-order valence-electron chi connectivity index (χ4n) is 2.57. The first-order chi connectivity index (χ1) is 10.4. The average molecular weight is 310 g/mol. The van der Waals surface area contributed by atoms with Crippen molar-refractivity contribution in [3.63, 3.8) is 0 Å². The van der Waals surface area contributed by atoms with E-state index in [0.29, 0.717) is 12.2 Å². The first kappa shape index (κ1) is 14.6. The van der Waals surface area contributed by atoms with E-state index in [9.17, 15) is 18.3 Å². The molecular weight excluding hydrogens is 297 g/mol. The molecule has 1 heterocycles. The van der Waals surface area contributed by atoms with Gasteiger partial charge in [-0.1, -0.05) is 24.3 Å². The van der Waals surface area contributed by atoms with Crippen molar-refractivity contribution in [3.05, 3.63) is 53.7 Å². The molecule has 0 saturated carbocycles. The van der Waals surface area contributed by atoms with E-state index in [0.717, 1.165) is 17.3 Å². The lowest BCUT2D eigenvalue weighted by atomic mass is 10.1. The van der Waals surface area contributed by atoms with Crippen LogP contribution < -0.4 is 10.1 Å². The van der Waals surface area contributed by atoms with Crippen molar-refractivity contribution in [2.45, 2.75) is 24.9 Å². The van der Waals surface area contributed by atoms with Crippen LogP contribution in [0.15, 0.2) is 42.6 Å². The second kappa shape index (κ2) is 5.49. The van der Waals surface area contributed by atoms with E-state index in [1.165, 1.54) is 12.1 Å². The summed E-state index contributed by atoms with van der Waals surface area (Å²) in [6, 6.07) is 9.84. The van der Waals surface area contributed by atoms with Crippen LogP contribution in [0.25, 0.3) is 0 Å². The molecule has 1 aromatic heterocycles. The van der Waals surface area contributed by atoms with Gasteiger partial charge in [-0.05, 0) is 23.3 Å². The third-order valence-electron chi connectivity index (χ3n) is 3.48. The number of hydrogen-bond donors (Lipinski definition) is 2. The van der Waals surface area contributed by atoms with Crippen LogP contribution in [0.5, 0.6) is 5.75 Å². The SMILES string of the molecule is O[C@H]1Cc2ccccc2[C@H]1Nc1ccc(OC(F)(F)F)cn1. The van der Waals surface area contributed by atoms with E-state index in [2.05, 4.69) is 15.0 Å². The van der Waals surface area contributed by atoms with Gasteiger partial charge in [0.2, 0.25) is 0 Å². The van der Waals surface area contributed by atoms with E-state index in [1.807, 2.05) is 24.3 Å². The number of fused-ring (bicyclic) bond motifs is 1.